The third-order valence-electron chi connectivity index (χ3n) is 2.68. The fourth-order valence-corrected chi connectivity index (χ4v) is 1.85. The number of nitro benzene ring substituents is 1. The van der Waals surface area contributed by atoms with Crippen molar-refractivity contribution in [2.24, 2.45) is 0 Å². The van der Waals surface area contributed by atoms with Gasteiger partial charge in [0.1, 0.15) is 5.69 Å². The van der Waals surface area contributed by atoms with Gasteiger partial charge in [-0.2, -0.15) is 0 Å². The van der Waals surface area contributed by atoms with Crippen LogP contribution in [-0.2, 0) is 6.54 Å². The zero-order valence-electron chi connectivity index (χ0n) is 10.2. The monoisotopic (exact) mass is 294 g/mol. The average Bonchev–Trinajstić information content (AvgIpc) is 2.41. The van der Waals surface area contributed by atoms with Crippen LogP contribution in [0.3, 0.4) is 0 Å². The second-order valence-corrected chi connectivity index (χ2v) is 4.53. The maximum atomic E-state index is 10.9. The SMILES string of the molecule is O=[N+]([O-])c1cc(Cl)ccc1NCc1ccc(O)c(O)c1. The largest absolute Gasteiger partial charge is 0.504 e. The summed E-state index contributed by atoms with van der Waals surface area (Å²) in [4.78, 5) is 10.4. The highest BCUT2D eigenvalue weighted by atomic mass is 35.5. The van der Waals surface area contributed by atoms with E-state index in [1.807, 2.05) is 0 Å². The zero-order valence-corrected chi connectivity index (χ0v) is 11.0. The van der Waals surface area contributed by atoms with Crippen LogP contribution in [0.1, 0.15) is 5.56 Å². The Morgan fingerprint density at radius 2 is 1.90 bits per heavy atom. The molecule has 2 aromatic rings. The Kier molecular flexibility index (Phi) is 3.95. The molecule has 0 saturated heterocycles. The summed E-state index contributed by atoms with van der Waals surface area (Å²) < 4.78 is 0. The molecule has 0 aliphatic heterocycles. The Morgan fingerprint density at radius 1 is 1.15 bits per heavy atom. The Morgan fingerprint density at radius 3 is 2.55 bits per heavy atom. The fraction of sp³-hybridized carbons (Fsp3) is 0.0769. The molecule has 6 nitrogen and oxygen atoms in total. The molecule has 0 heterocycles. The van der Waals surface area contributed by atoms with E-state index in [2.05, 4.69) is 5.32 Å². The van der Waals surface area contributed by atoms with E-state index in [0.717, 1.165) is 0 Å². The number of nitro groups is 1. The Balaban J connectivity index is 2.18. The minimum atomic E-state index is -0.525. The summed E-state index contributed by atoms with van der Waals surface area (Å²) in [5.74, 6) is -0.457. The van der Waals surface area contributed by atoms with Crippen LogP contribution in [-0.4, -0.2) is 15.1 Å². The first-order valence-corrected chi connectivity index (χ1v) is 6.04. The summed E-state index contributed by atoms with van der Waals surface area (Å²) >= 11 is 5.72. The van der Waals surface area contributed by atoms with Gasteiger partial charge in [-0.1, -0.05) is 17.7 Å². The van der Waals surface area contributed by atoms with E-state index in [9.17, 15) is 20.3 Å². The van der Waals surface area contributed by atoms with E-state index < -0.39 is 4.92 Å². The van der Waals surface area contributed by atoms with Gasteiger partial charge in [0.05, 0.1) is 4.92 Å². The summed E-state index contributed by atoms with van der Waals surface area (Å²) in [6.07, 6.45) is 0. The van der Waals surface area contributed by atoms with Gasteiger partial charge >= 0.3 is 0 Å². The highest BCUT2D eigenvalue weighted by molar-refractivity contribution is 6.30. The van der Waals surface area contributed by atoms with Gasteiger partial charge in [-0.3, -0.25) is 10.1 Å². The normalized spacial score (nSPS) is 10.2. The second kappa shape index (κ2) is 5.66. The summed E-state index contributed by atoms with van der Waals surface area (Å²) in [6, 6.07) is 8.65. The third-order valence-corrected chi connectivity index (χ3v) is 2.91. The summed E-state index contributed by atoms with van der Waals surface area (Å²) in [7, 11) is 0. The second-order valence-electron chi connectivity index (χ2n) is 4.10. The number of phenols is 2. The van der Waals surface area contributed by atoms with Gasteiger partial charge in [0, 0.05) is 17.6 Å². The predicted molar refractivity (Wildman–Crippen MR) is 75.2 cm³/mol. The van der Waals surface area contributed by atoms with E-state index >= 15 is 0 Å². The van der Waals surface area contributed by atoms with Crippen LogP contribution >= 0.6 is 11.6 Å². The number of nitrogens with one attached hydrogen (secondary N) is 1. The molecule has 104 valence electrons. The number of nitrogens with zero attached hydrogens (tertiary/aromatic N) is 1. The minimum Gasteiger partial charge on any atom is -0.504 e. The predicted octanol–water partition coefficient (Wildman–Crippen LogP) is 3.27. The van der Waals surface area contributed by atoms with Crippen LogP contribution in [0.25, 0.3) is 0 Å². The van der Waals surface area contributed by atoms with E-state index in [1.54, 1.807) is 12.1 Å². The van der Waals surface area contributed by atoms with Crippen LogP contribution in [0.15, 0.2) is 36.4 Å². The number of anilines is 1. The molecule has 0 fully saturated rings. The molecule has 0 atom stereocenters. The van der Waals surface area contributed by atoms with Gasteiger partial charge in [-0.15, -0.1) is 0 Å². The molecule has 0 amide bonds. The topological polar surface area (TPSA) is 95.6 Å². The molecular formula is C13H11ClN2O4. The van der Waals surface area contributed by atoms with Crippen molar-refractivity contribution in [1.29, 1.82) is 0 Å². The van der Waals surface area contributed by atoms with E-state index in [4.69, 9.17) is 11.6 Å². The lowest BCUT2D eigenvalue weighted by Gasteiger charge is -2.08. The average molecular weight is 295 g/mol. The third kappa shape index (κ3) is 3.10. The Labute approximate surface area is 119 Å². The first-order chi connectivity index (χ1) is 9.47. The fourth-order valence-electron chi connectivity index (χ4n) is 1.68. The number of hydrogen-bond donors (Lipinski definition) is 3. The van der Waals surface area contributed by atoms with E-state index in [-0.39, 0.29) is 28.8 Å². The van der Waals surface area contributed by atoms with Crippen LogP contribution in [0.2, 0.25) is 5.02 Å². The standard InChI is InChI=1S/C13H11ClN2O4/c14-9-2-3-10(11(6-9)16(19)20)15-7-8-1-4-12(17)13(18)5-8/h1-6,15,17-18H,7H2. The molecule has 7 heteroatoms. The summed E-state index contributed by atoms with van der Waals surface area (Å²) in [6.45, 7) is 0.260. The lowest BCUT2D eigenvalue weighted by atomic mass is 10.2. The molecule has 3 N–H and O–H groups in total. The van der Waals surface area contributed by atoms with Crippen molar-refractivity contribution in [3.8, 4) is 11.5 Å². The summed E-state index contributed by atoms with van der Waals surface area (Å²) in [5, 5.41) is 32.7. The van der Waals surface area contributed by atoms with E-state index in [0.29, 0.717) is 11.3 Å². The summed E-state index contributed by atoms with van der Waals surface area (Å²) in [5.41, 5.74) is 0.872. The quantitative estimate of drug-likeness (QED) is 0.457. The molecule has 0 aromatic heterocycles. The molecule has 2 rings (SSSR count). The van der Waals surface area contributed by atoms with Gasteiger partial charge in [-0.25, -0.2) is 0 Å². The number of aromatic hydroxyl groups is 2. The molecule has 2 aromatic carbocycles. The minimum absolute atomic E-state index is 0.125. The van der Waals surface area contributed by atoms with E-state index in [1.165, 1.54) is 24.3 Å². The maximum Gasteiger partial charge on any atom is 0.293 e. The highest BCUT2D eigenvalue weighted by Crippen LogP contribution is 2.29. The highest BCUT2D eigenvalue weighted by Gasteiger charge is 2.14. The van der Waals surface area contributed by atoms with Crippen molar-refractivity contribution in [3.63, 3.8) is 0 Å². The van der Waals surface area contributed by atoms with Crippen molar-refractivity contribution in [2.45, 2.75) is 6.54 Å². The van der Waals surface area contributed by atoms with Crippen molar-refractivity contribution in [3.05, 3.63) is 57.1 Å². The van der Waals surface area contributed by atoms with Crippen molar-refractivity contribution >= 4 is 23.0 Å². The number of rotatable bonds is 4. The first kappa shape index (κ1) is 14.0. The molecule has 20 heavy (non-hydrogen) atoms. The van der Waals surface area contributed by atoms with Crippen molar-refractivity contribution in [2.75, 3.05) is 5.32 Å². The molecule has 0 bridgehead atoms. The number of phenolic OH excluding ortho intramolecular Hbond substituents is 2. The molecule has 0 radical (unpaired) electrons. The Bertz CT molecular complexity index is 661. The van der Waals surface area contributed by atoms with Gasteiger partial charge in [0.2, 0.25) is 0 Å². The molecular weight excluding hydrogens is 284 g/mol. The Hall–Kier alpha value is -2.47. The number of halogens is 1. The molecule has 0 spiro atoms. The van der Waals surface area contributed by atoms with Crippen LogP contribution in [0.5, 0.6) is 11.5 Å². The maximum absolute atomic E-state index is 10.9. The van der Waals surface area contributed by atoms with Crippen LogP contribution in [0.4, 0.5) is 11.4 Å². The van der Waals surface area contributed by atoms with Gasteiger partial charge < -0.3 is 15.5 Å². The van der Waals surface area contributed by atoms with Crippen LogP contribution < -0.4 is 5.32 Å². The number of benzene rings is 2. The van der Waals surface area contributed by atoms with Gasteiger partial charge in [0.25, 0.3) is 5.69 Å². The zero-order chi connectivity index (χ0) is 14.7. The molecule has 0 saturated carbocycles. The van der Waals surface area contributed by atoms with Crippen molar-refractivity contribution in [1.82, 2.24) is 0 Å². The number of hydrogen-bond acceptors (Lipinski definition) is 5. The molecule has 0 aliphatic rings. The first-order valence-electron chi connectivity index (χ1n) is 5.66. The lowest BCUT2D eigenvalue weighted by Crippen LogP contribution is -2.02. The smallest absolute Gasteiger partial charge is 0.293 e. The van der Waals surface area contributed by atoms with Crippen LogP contribution in [0, 0.1) is 10.1 Å². The lowest BCUT2D eigenvalue weighted by molar-refractivity contribution is -0.383. The molecule has 0 aliphatic carbocycles. The van der Waals surface area contributed by atoms with Gasteiger partial charge in [-0.05, 0) is 29.8 Å². The molecule has 0 unspecified atom stereocenters. The van der Waals surface area contributed by atoms with Crippen molar-refractivity contribution < 1.29 is 15.1 Å². The van der Waals surface area contributed by atoms with Gasteiger partial charge in [0.15, 0.2) is 11.5 Å².